The molecular formula is C14H25NO. The fraction of sp³-hybridized carbons (Fsp3) is 0.857. The predicted octanol–water partition coefficient (Wildman–Crippen LogP) is 2.42. The summed E-state index contributed by atoms with van der Waals surface area (Å²) in [6.45, 7) is 8.45. The van der Waals surface area contributed by atoms with Crippen LogP contribution in [0.5, 0.6) is 0 Å². The number of aliphatic hydroxyl groups is 1. The van der Waals surface area contributed by atoms with Crippen molar-refractivity contribution in [3.05, 3.63) is 0 Å². The smallest absolute Gasteiger partial charge is 0.125 e. The lowest BCUT2D eigenvalue weighted by atomic mass is 9.85. The first kappa shape index (κ1) is 13.5. The summed E-state index contributed by atoms with van der Waals surface area (Å²) < 4.78 is 0. The standard InChI is InChI=1S/C14H25NO/c1-4-15(5-2)13(3)9-12-14(16)10-7-6-8-11-14/h13,16H,4-8,10-11H2,1-3H3. The number of nitrogens with zero attached hydrogens (tertiary/aromatic N) is 1. The Morgan fingerprint density at radius 1 is 1.19 bits per heavy atom. The predicted molar refractivity (Wildman–Crippen MR) is 68.2 cm³/mol. The van der Waals surface area contributed by atoms with Crippen LogP contribution in [0.25, 0.3) is 0 Å². The van der Waals surface area contributed by atoms with Gasteiger partial charge in [0.1, 0.15) is 5.60 Å². The van der Waals surface area contributed by atoms with Gasteiger partial charge in [-0.25, -0.2) is 0 Å². The summed E-state index contributed by atoms with van der Waals surface area (Å²) in [5.74, 6) is 6.33. The molecule has 0 aromatic rings. The normalized spacial score (nSPS) is 21.3. The van der Waals surface area contributed by atoms with Gasteiger partial charge in [-0.2, -0.15) is 0 Å². The fourth-order valence-electron chi connectivity index (χ4n) is 2.36. The van der Waals surface area contributed by atoms with E-state index < -0.39 is 5.60 Å². The van der Waals surface area contributed by atoms with Crippen LogP contribution in [0, 0.1) is 11.8 Å². The van der Waals surface area contributed by atoms with E-state index in [1.807, 2.05) is 0 Å². The van der Waals surface area contributed by atoms with Crippen molar-refractivity contribution < 1.29 is 5.11 Å². The molecule has 0 aliphatic heterocycles. The van der Waals surface area contributed by atoms with Crippen LogP contribution in [0.15, 0.2) is 0 Å². The van der Waals surface area contributed by atoms with Crippen molar-refractivity contribution in [1.29, 1.82) is 0 Å². The van der Waals surface area contributed by atoms with E-state index in [4.69, 9.17) is 0 Å². The molecule has 2 nitrogen and oxygen atoms in total. The quantitative estimate of drug-likeness (QED) is 0.743. The molecule has 2 heteroatoms. The lowest BCUT2D eigenvalue weighted by Crippen LogP contribution is -2.33. The SMILES string of the molecule is CCN(CC)C(C)C#CC1(O)CCCCC1. The van der Waals surface area contributed by atoms with Crippen molar-refractivity contribution in [3.63, 3.8) is 0 Å². The van der Waals surface area contributed by atoms with Crippen molar-refractivity contribution in [3.8, 4) is 11.8 Å². The van der Waals surface area contributed by atoms with Crippen LogP contribution in [-0.2, 0) is 0 Å². The molecule has 1 atom stereocenters. The molecule has 1 aliphatic carbocycles. The van der Waals surface area contributed by atoms with Crippen molar-refractivity contribution >= 4 is 0 Å². The van der Waals surface area contributed by atoms with E-state index in [0.717, 1.165) is 38.8 Å². The van der Waals surface area contributed by atoms with Crippen LogP contribution in [0.1, 0.15) is 52.9 Å². The third kappa shape index (κ3) is 3.81. The molecule has 1 saturated carbocycles. The van der Waals surface area contributed by atoms with Crippen LogP contribution >= 0.6 is 0 Å². The largest absolute Gasteiger partial charge is 0.378 e. The van der Waals surface area contributed by atoms with Gasteiger partial charge in [-0.15, -0.1) is 0 Å². The van der Waals surface area contributed by atoms with Crippen LogP contribution < -0.4 is 0 Å². The van der Waals surface area contributed by atoms with Gasteiger partial charge in [0.25, 0.3) is 0 Å². The van der Waals surface area contributed by atoms with Gasteiger partial charge < -0.3 is 5.11 Å². The minimum absolute atomic E-state index is 0.251. The molecule has 0 aromatic carbocycles. The van der Waals surface area contributed by atoms with Gasteiger partial charge in [-0.05, 0) is 45.7 Å². The average Bonchev–Trinajstić information content (AvgIpc) is 2.29. The summed E-state index contributed by atoms with van der Waals surface area (Å²) in [6, 6.07) is 0.251. The van der Waals surface area contributed by atoms with E-state index in [1.165, 1.54) is 6.42 Å². The Labute approximate surface area is 100 Å². The van der Waals surface area contributed by atoms with Gasteiger partial charge in [0.15, 0.2) is 0 Å². The molecule has 0 aromatic heterocycles. The molecule has 16 heavy (non-hydrogen) atoms. The molecule has 0 bridgehead atoms. The highest BCUT2D eigenvalue weighted by molar-refractivity contribution is 5.18. The van der Waals surface area contributed by atoms with Crippen molar-refractivity contribution in [2.24, 2.45) is 0 Å². The van der Waals surface area contributed by atoms with E-state index in [9.17, 15) is 5.11 Å². The molecule has 1 unspecified atom stereocenters. The Kier molecular flexibility index (Phi) is 5.31. The zero-order valence-electron chi connectivity index (χ0n) is 10.9. The summed E-state index contributed by atoms with van der Waals surface area (Å²) in [5, 5.41) is 10.3. The average molecular weight is 223 g/mol. The van der Waals surface area contributed by atoms with Gasteiger partial charge >= 0.3 is 0 Å². The van der Waals surface area contributed by atoms with Crippen LogP contribution in [-0.4, -0.2) is 34.7 Å². The molecule has 0 saturated heterocycles. The van der Waals surface area contributed by atoms with E-state index >= 15 is 0 Å². The molecule has 92 valence electrons. The maximum absolute atomic E-state index is 10.3. The highest BCUT2D eigenvalue weighted by Gasteiger charge is 2.26. The van der Waals surface area contributed by atoms with Gasteiger partial charge in [0.05, 0.1) is 6.04 Å². The molecule has 0 heterocycles. The first-order valence-corrected chi connectivity index (χ1v) is 6.60. The Hall–Kier alpha value is -0.520. The minimum Gasteiger partial charge on any atom is -0.378 e. The van der Waals surface area contributed by atoms with Crippen LogP contribution in [0.3, 0.4) is 0 Å². The van der Waals surface area contributed by atoms with Gasteiger partial charge in [-0.1, -0.05) is 32.1 Å². The molecule has 1 rings (SSSR count). The lowest BCUT2D eigenvalue weighted by Gasteiger charge is -2.27. The van der Waals surface area contributed by atoms with Gasteiger partial charge in [0.2, 0.25) is 0 Å². The van der Waals surface area contributed by atoms with Crippen LogP contribution in [0.2, 0.25) is 0 Å². The van der Waals surface area contributed by atoms with Gasteiger partial charge in [-0.3, -0.25) is 4.90 Å². The Morgan fingerprint density at radius 2 is 1.75 bits per heavy atom. The Bertz CT molecular complexity index is 254. The minimum atomic E-state index is -0.695. The number of hydrogen-bond acceptors (Lipinski definition) is 2. The van der Waals surface area contributed by atoms with E-state index in [2.05, 4.69) is 37.5 Å². The monoisotopic (exact) mass is 223 g/mol. The van der Waals surface area contributed by atoms with Crippen molar-refractivity contribution in [2.45, 2.75) is 64.5 Å². The Balaban J connectivity index is 2.57. The van der Waals surface area contributed by atoms with E-state index in [1.54, 1.807) is 0 Å². The molecule has 1 aliphatic rings. The lowest BCUT2D eigenvalue weighted by molar-refractivity contribution is 0.0607. The van der Waals surface area contributed by atoms with E-state index in [0.29, 0.717) is 0 Å². The summed E-state index contributed by atoms with van der Waals surface area (Å²) in [4.78, 5) is 2.30. The molecule has 0 amide bonds. The zero-order valence-corrected chi connectivity index (χ0v) is 10.9. The summed E-state index contributed by atoms with van der Waals surface area (Å²) in [6.07, 6.45) is 5.18. The third-order valence-electron chi connectivity index (χ3n) is 3.55. The molecule has 1 fully saturated rings. The second-order valence-electron chi connectivity index (χ2n) is 4.76. The number of rotatable bonds is 3. The second-order valence-corrected chi connectivity index (χ2v) is 4.76. The Morgan fingerprint density at radius 3 is 2.25 bits per heavy atom. The third-order valence-corrected chi connectivity index (χ3v) is 3.55. The van der Waals surface area contributed by atoms with Gasteiger partial charge in [0, 0.05) is 0 Å². The topological polar surface area (TPSA) is 23.5 Å². The molecule has 0 radical (unpaired) electrons. The molecule has 1 N–H and O–H groups in total. The zero-order chi connectivity index (χ0) is 12.0. The van der Waals surface area contributed by atoms with E-state index in [-0.39, 0.29) is 6.04 Å². The summed E-state index contributed by atoms with van der Waals surface area (Å²) in [5.41, 5.74) is -0.695. The highest BCUT2D eigenvalue weighted by atomic mass is 16.3. The summed E-state index contributed by atoms with van der Waals surface area (Å²) >= 11 is 0. The van der Waals surface area contributed by atoms with Crippen molar-refractivity contribution in [2.75, 3.05) is 13.1 Å². The first-order chi connectivity index (χ1) is 7.61. The van der Waals surface area contributed by atoms with Crippen LogP contribution in [0.4, 0.5) is 0 Å². The van der Waals surface area contributed by atoms with Crippen molar-refractivity contribution in [1.82, 2.24) is 4.90 Å². The first-order valence-electron chi connectivity index (χ1n) is 6.60. The summed E-state index contributed by atoms with van der Waals surface area (Å²) in [7, 11) is 0. The fourth-order valence-corrected chi connectivity index (χ4v) is 2.36. The second kappa shape index (κ2) is 6.27. The number of hydrogen-bond donors (Lipinski definition) is 1. The maximum Gasteiger partial charge on any atom is 0.125 e. The molecule has 0 spiro atoms. The highest BCUT2D eigenvalue weighted by Crippen LogP contribution is 2.27. The molecular weight excluding hydrogens is 198 g/mol. The maximum atomic E-state index is 10.3.